The molecule has 1 unspecified atom stereocenters. The monoisotopic (exact) mass is 246 g/mol. The Morgan fingerprint density at radius 2 is 1.81 bits per heavy atom. The number of rotatable bonds is 2. The Morgan fingerprint density at radius 3 is 2.25 bits per heavy atom. The van der Waals surface area contributed by atoms with Gasteiger partial charge in [0, 0.05) is 19.1 Å². The Morgan fingerprint density at radius 1 is 1.25 bits per heavy atom. The van der Waals surface area contributed by atoms with E-state index in [1.54, 1.807) is 4.31 Å². The summed E-state index contributed by atoms with van der Waals surface area (Å²) in [6.07, 6.45) is 3.75. The molecule has 2 aliphatic rings. The van der Waals surface area contributed by atoms with Gasteiger partial charge in [-0.2, -0.15) is 4.31 Å². The fraction of sp³-hybridized carbons (Fsp3) is 1.00. The normalized spacial score (nSPS) is 32.3. The lowest BCUT2D eigenvalue weighted by molar-refractivity contribution is 0.346. The van der Waals surface area contributed by atoms with Gasteiger partial charge in [-0.25, -0.2) is 8.42 Å². The highest BCUT2D eigenvalue weighted by molar-refractivity contribution is 7.89. The highest BCUT2D eigenvalue weighted by atomic mass is 32.2. The molecule has 2 fully saturated rings. The molecule has 16 heavy (non-hydrogen) atoms. The van der Waals surface area contributed by atoms with Gasteiger partial charge in [-0.15, -0.1) is 0 Å². The molecule has 0 aromatic rings. The lowest BCUT2D eigenvalue weighted by Gasteiger charge is -2.23. The lowest BCUT2D eigenvalue weighted by Crippen LogP contribution is -2.37. The van der Waals surface area contributed by atoms with E-state index in [1.165, 1.54) is 0 Å². The Kier molecular flexibility index (Phi) is 3.05. The van der Waals surface area contributed by atoms with Crippen LogP contribution in [-0.4, -0.2) is 37.1 Å². The predicted molar refractivity (Wildman–Crippen MR) is 64.5 cm³/mol. The average Bonchev–Trinajstić information content (AvgIpc) is 2.75. The minimum atomic E-state index is -3.09. The van der Waals surface area contributed by atoms with Crippen LogP contribution in [0.2, 0.25) is 0 Å². The van der Waals surface area contributed by atoms with E-state index < -0.39 is 10.0 Å². The Bertz CT molecular complexity index is 358. The quantitative estimate of drug-likeness (QED) is 0.788. The molecule has 1 aliphatic heterocycles. The molecular weight excluding hydrogens is 224 g/mol. The van der Waals surface area contributed by atoms with E-state index in [0.717, 1.165) is 25.7 Å². The van der Waals surface area contributed by atoms with Crippen molar-refractivity contribution < 1.29 is 8.42 Å². The maximum atomic E-state index is 12.3. The third-order valence-electron chi connectivity index (χ3n) is 4.07. The minimum Gasteiger partial charge on any atom is -0.326 e. The van der Waals surface area contributed by atoms with Crippen LogP contribution >= 0.6 is 0 Å². The summed E-state index contributed by atoms with van der Waals surface area (Å²) < 4.78 is 26.3. The second-order valence-corrected chi connectivity index (χ2v) is 8.05. The van der Waals surface area contributed by atoms with Gasteiger partial charge in [0.05, 0.1) is 5.25 Å². The van der Waals surface area contributed by atoms with Crippen molar-refractivity contribution in [3.8, 4) is 0 Å². The molecule has 1 saturated heterocycles. The zero-order chi connectivity index (χ0) is 12.0. The first-order valence-electron chi connectivity index (χ1n) is 6.08. The largest absolute Gasteiger partial charge is 0.326 e. The minimum absolute atomic E-state index is 0.0383. The van der Waals surface area contributed by atoms with Crippen molar-refractivity contribution in [2.75, 3.05) is 13.1 Å². The molecule has 0 amide bonds. The highest BCUT2D eigenvalue weighted by Gasteiger charge is 2.44. The molecule has 1 atom stereocenters. The van der Waals surface area contributed by atoms with Gasteiger partial charge in [0.15, 0.2) is 0 Å². The Hall–Kier alpha value is -0.130. The molecule has 4 nitrogen and oxygen atoms in total. The summed E-state index contributed by atoms with van der Waals surface area (Å²) in [6, 6.07) is -0.0383. The summed E-state index contributed by atoms with van der Waals surface area (Å²) >= 11 is 0. The summed E-state index contributed by atoms with van der Waals surface area (Å²) in [5, 5.41) is -0.145. The predicted octanol–water partition coefficient (Wildman–Crippen LogP) is 0.928. The van der Waals surface area contributed by atoms with Crippen LogP contribution in [0.5, 0.6) is 0 Å². The van der Waals surface area contributed by atoms with E-state index in [0.29, 0.717) is 13.1 Å². The molecule has 0 aromatic heterocycles. The number of sulfonamides is 1. The third-order valence-corrected chi connectivity index (χ3v) is 6.38. The molecule has 2 N–H and O–H groups in total. The van der Waals surface area contributed by atoms with Crippen LogP contribution in [0.15, 0.2) is 0 Å². The average molecular weight is 246 g/mol. The van der Waals surface area contributed by atoms with Gasteiger partial charge >= 0.3 is 0 Å². The van der Waals surface area contributed by atoms with Crippen molar-refractivity contribution >= 4 is 10.0 Å². The Balaban J connectivity index is 2.14. The van der Waals surface area contributed by atoms with Crippen molar-refractivity contribution in [3.05, 3.63) is 0 Å². The van der Waals surface area contributed by atoms with Crippen molar-refractivity contribution in [2.24, 2.45) is 11.1 Å². The van der Waals surface area contributed by atoms with E-state index in [2.05, 4.69) is 0 Å². The number of hydrogen-bond donors (Lipinski definition) is 1. The van der Waals surface area contributed by atoms with Gasteiger partial charge in [0.1, 0.15) is 0 Å². The second-order valence-electron chi connectivity index (χ2n) is 5.84. The van der Waals surface area contributed by atoms with Crippen LogP contribution in [0.1, 0.15) is 39.5 Å². The lowest BCUT2D eigenvalue weighted by atomic mass is 9.89. The van der Waals surface area contributed by atoms with Crippen LogP contribution in [0.4, 0.5) is 0 Å². The number of hydrogen-bond acceptors (Lipinski definition) is 3. The first kappa shape index (κ1) is 12.3. The molecule has 0 spiro atoms. The summed E-state index contributed by atoms with van der Waals surface area (Å²) in [7, 11) is -3.09. The van der Waals surface area contributed by atoms with Crippen LogP contribution in [0, 0.1) is 5.41 Å². The van der Waals surface area contributed by atoms with Crippen LogP contribution < -0.4 is 5.73 Å². The van der Waals surface area contributed by atoms with E-state index in [-0.39, 0.29) is 16.7 Å². The molecule has 94 valence electrons. The summed E-state index contributed by atoms with van der Waals surface area (Å²) in [6.45, 7) is 5.16. The van der Waals surface area contributed by atoms with Gasteiger partial charge in [-0.3, -0.25) is 0 Å². The van der Waals surface area contributed by atoms with Crippen molar-refractivity contribution in [2.45, 2.75) is 50.8 Å². The van der Waals surface area contributed by atoms with Crippen LogP contribution in [-0.2, 0) is 10.0 Å². The number of nitrogens with two attached hydrogens (primary N) is 1. The first-order valence-corrected chi connectivity index (χ1v) is 7.59. The van der Waals surface area contributed by atoms with E-state index in [9.17, 15) is 8.42 Å². The smallest absolute Gasteiger partial charge is 0.217 e. The fourth-order valence-corrected chi connectivity index (χ4v) is 4.93. The van der Waals surface area contributed by atoms with Gasteiger partial charge in [0.25, 0.3) is 0 Å². The summed E-state index contributed by atoms with van der Waals surface area (Å²) in [5.74, 6) is 0. The van der Waals surface area contributed by atoms with Crippen LogP contribution in [0.25, 0.3) is 0 Å². The molecular formula is C11H22N2O2S. The molecule has 0 radical (unpaired) electrons. The zero-order valence-electron chi connectivity index (χ0n) is 10.1. The zero-order valence-corrected chi connectivity index (χ0v) is 11.0. The van der Waals surface area contributed by atoms with Crippen molar-refractivity contribution in [1.82, 2.24) is 4.31 Å². The topological polar surface area (TPSA) is 63.4 Å². The maximum Gasteiger partial charge on any atom is 0.217 e. The molecule has 2 rings (SSSR count). The van der Waals surface area contributed by atoms with Gasteiger partial charge in [0.2, 0.25) is 10.0 Å². The van der Waals surface area contributed by atoms with E-state index in [1.807, 2.05) is 13.8 Å². The van der Waals surface area contributed by atoms with Gasteiger partial charge in [-0.1, -0.05) is 26.7 Å². The third kappa shape index (κ3) is 2.00. The van der Waals surface area contributed by atoms with E-state index in [4.69, 9.17) is 5.73 Å². The number of nitrogens with zero attached hydrogens (tertiary/aromatic N) is 1. The van der Waals surface area contributed by atoms with Crippen molar-refractivity contribution in [1.29, 1.82) is 0 Å². The van der Waals surface area contributed by atoms with Gasteiger partial charge < -0.3 is 5.73 Å². The van der Waals surface area contributed by atoms with Crippen LogP contribution in [0.3, 0.4) is 0 Å². The van der Waals surface area contributed by atoms with Gasteiger partial charge in [-0.05, 0) is 18.3 Å². The molecule has 1 saturated carbocycles. The molecule has 5 heteroatoms. The molecule has 1 aliphatic carbocycles. The SMILES string of the molecule is CC1(C)CN(S(=O)(=O)C2CCCC2)CC1N. The summed E-state index contributed by atoms with van der Waals surface area (Å²) in [4.78, 5) is 0. The second kappa shape index (κ2) is 3.96. The maximum absolute atomic E-state index is 12.3. The fourth-order valence-electron chi connectivity index (χ4n) is 2.69. The Labute approximate surface area is 98.2 Å². The molecule has 0 bridgehead atoms. The molecule has 0 aromatic carbocycles. The van der Waals surface area contributed by atoms with Crippen molar-refractivity contribution in [3.63, 3.8) is 0 Å². The summed E-state index contributed by atoms with van der Waals surface area (Å²) in [5.41, 5.74) is 5.90. The standard InChI is InChI=1S/C11H22N2O2S/c1-11(2)8-13(7-10(11)12)16(14,15)9-5-3-4-6-9/h9-10H,3-8,12H2,1-2H3. The molecule has 1 heterocycles. The highest BCUT2D eigenvalue weighted by Crippen LogP contribution is 2.34. The van der Waals surface area contributed by atoms with E-state index >= 15 is 0 Å². The first-order chi connectivity index (χ1) is 7.34.